The highest BCUT2D eigenvalue weighted by Crippen LogP contribution is 2.65. The van der Waals surface area contributed by atoms with Gasteiger partial charge in [-0.2, -0.15) is 18.4 Å². The first kappa shape index (κ1) is 23.8. The van der Waals surface area contributed by atoms with Crippen LogP contribution in [-0.2, 0) is 22.1 Å². The van der Waals surface area contributed by atoms with Crippen molar-refractivity contribution in [2.45, 2.75) is 43.6 Å². The van der Waals surface area contributed by atoms with Crippen molar-refractivity contribution in [2.24, 2.45) is 0 Å². The minimum atomic E-state index is -4.77. The Labute approximate surface area is 212 Å². The van der Waals surface area contributed by atoms with Gasteiger partial charge >= 0.3 is 6.18 Å². The summed E-state index contributed by atoms with van der Waals surface area (Å²) in [4.78, 5) is 0. The Morgan fingerprint density at radius 2 is 1.80 bits per heavy atom. The summed E-state index contributed by atoms with van der Waals surface area (Å²) in [6, 6.07) is 12.1. The number of aromatic nitrogens is 1. The minimum Gasteiger partial charge on any atom is -0.494 e. The second-order valence-corrected chi connectivity index (χ2v) is 10.2. The number of ether oxygens (including phenoxy) is 2. The molecule has 35 heavy (non-hydrogen) atoms. The third-order valence-corrected chi connectivity index (χ3v) is 7.53. The van der Waals surface area contributed by atoms with Crippen LogP contribution < -0.4 is 4.74 Å². The highest BCUT2D eigenvalue weighted by molar-refractivity contribution is 14.1. The number of nitriles is 1. The van der Waals surface area contributed by atoms with Crippen molar-refractivity contribution >= 4 is 22.6 Å². The number of fused-ring (bicyclic) bond motifs is 5. The van der Waals surface area contributed by atoms with Crippen LogP contribution in [0.3, 0.4) is 0 Å². The number of benzene rings is 2. The van der Waals surface area contributed by atoms with Crippen LogP contribution in [0.15, 0.2) is 42.5 Å². The highest BCUT2D eigenvalue weighted by atomic mass is 127. The molecular weight excluding hydrogens is 576 g/mol. The predicted molar refractivity (Wildman–Crippen MR) is 127 cm³/mol. The fourth-order valence-electron chi connectivity index (χ4n) is 5.22. The Morgan fingerprint density at radius 1 is 1.11 bits per heavy atom. The van der Waals surface area contributed by atoms with Gasteiger partial charge in [0, 0.05) is 9.99 Å². The van der Waals surface area contributed by atoms with Gasteiger partial charge in [-0.05, 0) is 84.8 Å². The van der Waals surface area contributed by atoms with E-state index >= 15 is 0 Å². The molecule has 182 valence electrons. The Kier molecular flexibility index (Phi) is 5.49. The summed E-state index contributed by atoms with van der Waals surface area (Å²) in [5.41, 5.74) is -2.89. The lowest BCUT2D eigenvalue weighted by Crippen LogP contribution is -2.25. The number of hydrogen-bond acceptors (Lipinski definition) is 5. The number of aromatic hydroxyl groups is 2. The number of hydrogen-bond donors (Lipinski definition) is 2. The second-order valence-electron chi connectivity index (χ2n) is 8.95. The van der Waals surface area contributed by atoms with Crippen LogP contribution in [0.25, 0.3) is 5.69 Å². The molecule has 2 aliphatic heterocycles. The average Bonchev–Trinajstić information content (AvgIpc) is 3.38. The van der Waals surface area contributed by atoms with Gasteiger partial charge in [-0.25, -0.2) is 0 Å². The van der Waals surface area contributed by atoms with Gasteiger partial charge < -0.3 is 19.7 Å². The molecule has 0 saturated carbocycles. The highest BCUT2D eigenvalue weighted by Gasteiger charge is 2.61. The zero-order valence-corrected chi connectivity index (χ0v) is 20.6. The largest absolute Gasteiger partial charge is 0.494 e. The molecule has 5 rings (SSSR count). The van der Waals surface area contributed by atoms with E-state index in [1.165, 1.54) is 12.1 Å². The smallest absolute Gasteiger partial charge is 0.417 e. The van der Waals surface area contributed by atoms with Gasteiger partial charge in [0.25, 0.3) is 0 Å². The molecule has 1 fully saturated rings. The van der Waals surface area contributed by atoms with Gasteiger partial charge in [0.15, 0.2) is 0 Å². The van der Waals surface area contributed by atoms with Crippen molar-refractivity contribution in [2.75, 3.05) is 6.61 Å². The van der Waals surface area contributed by atoms with Crippen LogP contribution in [0.4, 0.5) is 13.2 Å². The van der Waals surface area contributed by atoms with Gasteiger partial charge in [0.2, 0.25) is 11.8 Å². The molecular formula is C25H20F3IN2O4. The zero-order chi connectivity index (χ0) is 25.2. The Hall–Kier alpha value is -2.91. The van der Waals surface area contributed by atoms with Crippen LogP contribution in [0.1, 0.15) is 48.4 Å². The van der Waals surface area contributed by atoms with Crippen molar-refractivity contribution in [3.63, 3.8) is 0 Å². The van der Waals surface area contributed by atoms with Gasteiger partial charge in [0.1, 0.15) is 11.4 Å². The molecule has 2 bridgehead atoms. The minimum absolute atomic E-state index is 0.103. The summed E-state index contributed by atoms with van der Waals surface area (Å²) in [7, 11) is 0. The first-order valence-electron chi connectivity index (χ1n) is 10.9. The third kappa shape index (κ3) is 3.72. The van der Waals surface area contributed by atoms with E-state index in [4.69, 9.17) is 14.7 Å². The molecule has 2 aromatic carbocycles. The maximum Gasteiger partial charge on any atom is 0.417 e. The van der Waals surface area contributed by atoms with E-state index in [1.807, 2.05) is 24.3 Å². The lowest BCUT2D eigenvalue weighted by Gasteiger charge is -2.26. The Morgan fingerprint density at radius 3 is 2.46 bits per heavy atom. The first-order chi connectivity index (χ1) is 16.5. The van der Waals surface area contributed by atoms with Gasteiger partial charge in [-0.15, -0.1) is 0 Å². The third-order valence-electron chi connectivity index (χ3n) is 6.81. The molecule has 0 radical (unpaired) electrons. The summed E-state index contributed by atoms with van der Waals surface area (Å²) in [5.74, 6) is -0.0753. The zero-order valence-electron chi connectivity index (χ0n) is 18.5. The molecule has 0 spiro atoms. The molecule has 0 amide bonds. The van der Waals surface area contributed by atoms with E-state index in [0.29, 0.717) is 36.1 Å². The summed E-state index contributed by atoms with van der Waals surface area (Å²) >= 11 is 2.20. The second kappa shape index (κ2) is 8.06. The molecule has 1 aromatic heterocycles. The van der Waals surface area contributed by atoms with Crippen LogP contribution in [0.5, 0.6) is 17.5 Å². The van der Waals surface area contributed by atoms with E-state index in [2.05, 4.69) is 22.6 Å². The molecule has 2 atom stereocenters. The summed E-state index contributed by atoms with van der Waals surface area (Å²) < 4.78 is 54.9. The molecule has 0 aliphatic carbocycles. The van der Waals surface area contributed by atoms with Crippen molar-refractivity contribution in [1.82, 2.24) is 4.57 Å². The topological polar surface area (TPSA) is 87.6 Å². The van der Waals surface area contributed by atoms with Crippen LogP contribution in [0, 0.1) is 14.9 Å². The quantitative estimate of drug-likeness (QED) is 0.349. The van der Waals surface area contributed by atoms with Crippen molar-refractivity contribution in [1.29, 1.82) is 5.26 Å². The van der Waals surface area contributed by atoms with Crippen LogP contribution in [0.2, 0.25) is 0 Å². The fourth-order valence-corrected chi connectivity index (χ4v) is 5.58. The average molecular weight is 596 g/mol. The summed E-state index contributed by atoms with van der Waals surface area (Å²) in [5, 5.41) is 31.4. The lowest BCUT2D eigenvalue weighted by atomic mass is 9.78. The predicted octanol–water partition coefficient (Wildman–Crippen LogP) is 6.09. The van der Waals surface area contributed by atoms with Crippen molar-refractivity contribution < 1.29 is 32.9 Å². The lowest BCUT2D eigenvalue weighted by molar-refractivity contribution is -0.137. The molecule has 1 saturated heterocycles. The fraction of sp³-hybridized carbons (Fsp3) is 0.320. The van der Waals surface area contributed by atoms with Crippen LogP contribution in [-0.4, -0.2) is 21.4 Å². The summed E-state index contributed by atoms with van der Waals surface area (Å²) in [6.07, 6.45) is -3.27. The molecule has 3 aromatic rings. The monoisotopic (exact) mass is 596 g/mol. The molecule has 10 heteroatoms. The Balaban J connectivity index is 1.53. The van der Waals surface area contributed by atoms with E-state index in [9.17, 15) is 23.4 Å². The van der Waals surface area contributed by atoms with Crippen molar-refractivity contribution in [3.05, 3.63) is 68.3 Å². The van der Waals surface area contributed by atoms with Crippen LogP contribution >= 0.6 is 22.6 Å². The number of nitrogens with zero attached hydrogens (tertiary/aromatic N) is 2. The number of halogens is 4. The molecule has 0 unspecified atom stereocenters. The van der Waals surface area contributed by atoms with E-state index in [0.717, 1.165) is 20.3 Å². The Bertz CT molecular complexity index is 1360. The van der Waals surface area contributed by atoms with Crippen molar-refractivity contribution in [3.8, 4) is 29.3 Å². The summed E-state index contributed by atoms with van der Waals surface area (Å²) in [6.45, 7) is 2.07. The standard InChI is InChI=1S/C25H20F3IN2O4/c1-23-8-9-24(35-23,10-11-34-17-6-3-15(29)4-7-17)20-19(23)21(32)31(22(20)33)16-5-2-14(13-30)18(12-16)25(26,27)28/h2-7,12,32-33H,8-11H2,1H3/t23-,24-/m0/s1. The number of rotatable bonds is 5. The SMILES string of the molecule is C[C@@]12CC[C@@](CCOc3ccc(I)cc3)(O1)c1c2c(O)n(-c2ccc(C#N)c(C(F)(F)F)c2)c1O. The van der Waals surface area contributed by atoms with Gasteiger partial charge in [-0.3, -0.25) is 4.57 Å². The van der Waals surface area contributed by atoms with E-state index < -0.39 is 28.5 Å². The molecule has 2 N–H and O–H groups in total. The molecule has 3 heterocycles. The normalized spacial score (nSPS) is 22.7. The van der Waals surface area contributed by atoms with E-state index in [-0.39, 0.29) is 24.1 Å². The molecule has 2 aliphatic rings. The first-order valence-corrected chi connectivity index (χ1v) is 11.9. The molecule has 6 nitrogen and oxygen atoms in total. The van der Waals surface area contributed by atoms with E-state index in [1.54, 1.807) is 6.92 Å². The van der Waals surface area contributed by atoms with Gasteiger partial charge in [-0.1, -0.05) is 0 Å². The maximum absolute atomic E-state index is 13.5. The van der Waals surface area contributed by atoms with Gasteiger partial charge in [0.05, 0.1) is 46.2 Å². The maximum atomic E-state index is 13.5. The number of alkyl halides is 3.